The van der Waals surface area contributed by atoms with Crippen LogP contribution in [-0.2, 0) is 24.2 Å². The number of methoxy groups -OCH3 is 1. The highest BCUT2D eigenvalue weighted by Gasteiger charge is 2.48. The van der Waals surface area contributed by atoms with E-state index >= 15 is 0 Å². The van der Waals surface area contributed by atoms with Crippen molar-refractivity contribution in [1.29, 1.82) is 0 Å². The molecule has 0 aromatic heterocycles. The van der Waals surface area contributed by atoms with Crippen molar-refractivity contribution in [1.82, 2.24) is 0 Å². The summed E-state index contributed by atoms with van der Waals surface area (Å²) >= 11 is 0. The van der Waals surface area contributed by atoms with Crippen molar-refractivity contribution in [3.05, 3.63) is 36.7 Å². The Morgan fingerprint density at radius 1 is 1.38 bits per heavy atom. The minimum atomic E-state index is -3.35. The van der Waals surface area contributed by atoms with Crippen LogP contribution in [0.2, 0.25) is 0 Å². The molecule has 2 amide bonds. The molecule has 130 valence electrons. The standard InChI is InChI=1S/C15H17FN2O5S/c1-3-13(19)18-12-8-10(4-5-11(12)16)17-14(20)15(23-2)6-7-24(21,22)9-15/h3-5,8H,1,6-7,9H2,2H3,(H,17,20)(H,18,19). The van der Waals surface area contributed by atoms with Gasteiger partial charge in [0.1, 0.15) is 5.82 Å². The summed E-state index contributed by atoms with van der Waals surface area (Å²) in [5, 5.41) is 4.77. The van der Waals surface area contributed by atoms with Gasteiger partial charge in [-0.1, -0.05) is 6.58 Å². The van der Waals surface area contributed by atoms with Gasteiger partial charge >= 0.3 is 0 Å². The van der Waals surface area contributed by atoms with Gasteiger partial charge in [-0.15, -0.1) is 0 Å². The summed E-state index contributed by atoms with van der Waals surface area (Å²) in [6.07, 6.45) is 1.02. The number of halogens is 1. The SMILES string of the molecule is C=CC(=O)Nc1cc(NC(=O)C2(OC)CCS(=O)(=O)C2)ccc1F. The summed E-state index contributed by atoms with van der Waals surface area (Å²) in [7, 11) is -2.09. The molecule has 1 fully saturated rings. The molecular weight excluding hydrogens is 339 g/mol. The highest BCUT2D eigenvalue weighted by Crippen LogP contribution is 2.29. The van der Waals surface area contributed by atoms with Gasteiger partial charge in [0, 0.05) is 19.2 Å². The number of carbonyl (C=O) groups excluding carboxylic acids is 2. The number of rotatable bonds is 5. The number of anilines is 2. The van der Waals surface area contributed by atoms with Crippen molar-refractivity contribution in [2.45, 2.75) is 12.0 Å². The van der Waals surface area contributed by atoms with E-state index in [9.17, 15) is 22.4 Å². The Morgan fingerprint density at radius 3 is 2.62 bits per heavy atom. The molecule has 1 atom stereocenters. The average molecular weight is 356 g/mol. The Kier molecular flexibility index (Phi) is 5.05. The Balaban J connectivity index is 2.21. The van der Waals surface area contributed by atoms with E-state index in [1.165, 1.54) is 19.2 Å². The van der Waals surface area contributed by atoms with E-state index in [2.05, 4.69) is 17.2 Å². The second-order valence-electron chi connectivity index (χ2n) is 5.38. The molecule has 0 aliphatic carbocycles. The minimum absolute atomic E-state index is 0.0406. The second kappa shape index (κ2) is 6.70. The molecule has 1 aliphatic heterocycles. The van der Waals surface area contributed by atoms with E-state index in [1.807, 2.05) is 0 Å². The molecule has 0 radical (unpaired) electrons. The van der Waals surface area contributed by atoms with Crippen LogP contribution in [0.5, 0.6) is 0 Å². The van der Waals surface area contributed by atoms with Crippen LogP contribution < -0.4 is 10.6 Å². The molecule has 1 aliphatic rings. The number of ether oxygens (including phenoxy) is 1. The van der Waals surface area contributed by atoms with Crippen LogP contribution in [-0.4, -0.2) is 44.4 Å². The lowest BCUT2D eigenvalue weighted by atomic mass is 10.0. The lowest BCUT2D eigenvalue weighted by Gasteiger charge is -2.24. The monoisotopic (exact) mass is 356 g/mol. The Morgan fingerprint density at radius 2 is 2.08 bits per heavy atom. The highest BCUT2D eigenvalue weighted by molar-refractivity contribution is 7.91. The first-order valence-corrected chi connectivity index (χ1v) is 8.83. The predicted molar refractivity (Wildman–Crippen MR) is 86.9 cm³/mol. The topological polar surface area (TPSA) is 102 Å². The molecule has 2 N–H and O–H groups in total. The van der Waals surface area contributed by atoms with E-state index in [0.717, 1.165) is 12.1 Å². The Bertz CT molecular complexity index is 793. The van der Waals surface area contributed by atoms with Crippen LogP contribution in [0.4, 0.5) is 15.8 Å². The van der Waals surface area contributed by atoms with Crippen molar-refractivity contribution >= 4 is 33.0 Å². The molecule has 1 unspecified atom stereocenters. The number of nitrogens with one attached hydrogen (secondary N) is 2. The van der Waals surface area contributed by atoms with Gasteiger partial charge < -0.3 is 15.4 Å². The van der Waals surface area contributed by atoms with Crippen molar-refractivity contribution < 1.29 is 27.1 Å². The average Bonchev–Trinajstić information content (AvgIpc) is 2.87. The number of benzene rings is 1. The maximum Gasteiger partial charge on any atom is 0.257 e. The van der Waals surface area contributed by atoms with E-state index in [4.69, 9.17) is 4.74 Å². The third kappa shape index (κ3) is 3.80. The number of hydrogen-bond donors (Lipinski definition) is 2. The molecule has 1 heterocycles. The molecule has 7 nitrogen and oxygen atoms in total. The molecule has 0 saturated carbocycles. The predicted octanol–water partition coefficient (Wildman–Crippen LogP) is 1.09. The number of amides is 2. The second-order valence-corrected chi connectivity index (χ2v) is 7.57. The Hall–Kier alpha value is -2.26. The summed E-state index contributed by atoms with van der Waals surface area (Å²) in [5.41, 5.74) is -1.41. The summed E-state index contributed by atoms with van der Waals surface area (Å²) < 4.78 is 42.1. The summed E-state index contributed by atoms with van der Waals surface area (Å²) in [6.45, 7) is 3.27. The van der Waals surface area contributed by atoms with Crippen LogP contribution in [0.15, 0.2) is 30.9 Å². The molecule has 9 heteroatoms. The van der Waals surface area contributed by atoms with Crippen molar-refractivity contribution in [2.75, 3.05) is 29.2 Å². The van der Waals surface area contributed by atoms with E-state index in [-0.39, 0.29) is 23.5 Å². The summed E-state index contributed by atoms with van der Waals surface area (Å²) in [5.74, 6) is -2.48. The fraction of sp³-hybridized carbons (Fsp3) is 0.333. The van der Waals surface area contributed by atoms with Crippen molar-refractivity contribution in [3.8, 4) is 0 Å². The summed E-state index contributed by atoms with van der Waals surface area (Å²) in [6, 6.07) is 3.59. The Labute approximate surface area is 138 Å². The quantitative estimate of drug-likeness (QED) is 0.769. The molecular formula is C15H17FN2O5S. The zero-order chi connectivity index (χ0) is 18.0. The molecule has 24 heavy (non-hydrogen) atoms. The molecule has 0 bridgehead atoms. The highest BCUT2D eigenvalue weighted by atomic mass is 32.2. The van der Waals surface area contributed by atoms with Gasteiger partial charge in [-0.05, 0) is 24.3 Å². The fourth-order valence-corrected chi connectivity index (χ4v) is 4.27. The summed E-state index contributed by atoms with van der Waals surface area (Å²) in [4.78, 5) is 23.7. The lowest BCUT2D eigenvalue weighted by Crippen LogP contribution is -2.45. The third-order valence-corrected chi connectivity index (χ3v) is 5.47. The zero-order valence-corrected chi connectivity index (χ0v) is 13.8. The number of carbonyl (C=O) groups is 2. The molecule has 1 aromatic rings. The van der Waals surface area contributed by atoms with Gasteiger partial charge in [-0.25, -0.2) is 12.8 Å². The van der Waals surface area contributed by atoms with E-state index < -0.39 is 38.8 Å². The fourth-order valence-electron chi connectivity index (χ4n) is 2.38. The van der Waals surface area contributed by atoms with Crippen molar-refractivity contribution in [3.63, 3.8) is 0 Å². The van der Waals surface area contributed by atoms with Gasteiger partial charge in [0.2, 0.25) is 5.91 Å². The van der Waals surface area contributed by atoms with Gasteiger partial charge in [-0.2, -0.15) is 0 Å². The molecule has 1 saturated heterocycles. The van der Waals surface area contributed by atoms with Gasteiger partial charge in [0.15, 0.2) is 15.4 Å². The third-order valence-electron chi connectivity index (χ3n) is 3.74. The minimum Gasteiger partial charge on any atom is -0.367 e. The van der Waals surface area contributed by atoms with Crippen LogP contribution in [0, 0.1) is 5.82 Å². The van der Waals surface area contributed by atoms with Crippen LogP contribution in [0.3, 0.4) is 0 Å². The van der Waals surface area contributed by atoms with Gasteiger partial charge in [-0.3, -0.25) is 9.59 Å². The molecule has 0 spiro atoms. The zero-order valence-electron chi connectivity index (χ0n) is 13.0. The normalized spacial score (nSPS) is 21.9. The largest absolute Gasteiger partial charge is 0.367 e. The maximum absolute atomic E-state index is 13.7. The molecule has 2 rings (SSSR count). The van der Waals surface area contributed by atoms with Crippen LogP contribution in [0.25, 0.3) is 0 Å². The smallest absolute Gasteiger partial charge is 0.257 e. The first-order valence-electron chi connectivity index (χ1n) is 7.01. The van der Waals surface area contributed by atoms with Gasteiger partial charge in [0.25, 0.3) is 5.91 Å². The van der Waals surface area contributed by atoms with E-state index in [1.54, 1.807) is 0 Å². The van der Waals surface area contributed by atoms with Crippen molar-refractivity contribution in [2.24, 2.45) is 0 Å². The lowest BCUT2D eigenvalue weighted by molar-refractivity contribution is -0.134. The van der Waals surface area contributed by atoms with Crippen LogP contribution >= 0.6 is 0 Å². The maximum atomic E-state index is 13.7. The van der Waals surface area contributed by atoms with E-state index in [0.29, 0.717) is 0 Å². The molecule has 1 aromatic carbocycles. The number of hydrogen-bond acceptors (Lipinski definition) is 5. The first-order chi connectivity index (χ1) is 11.2. The first kappa shape index (κ1) is 18.1. The van der Waals surface area contributed by atoms with Gasteiger partial charge in [0.05, 0.1) is 17.2 Å². The number of sulfone groups is 1. The van der Waals surface area contributed by atoms with Crippen LogP contribution in [0.1, 0.15) is 6.42 Å².